The lowest BCUT2D eigenvalue weighted by molar-refractivity contribution is -0.116. The van der Waals surface area contributed by atoms with Crippen molar-refractivity contribution >= 4 is 17.4 Å². The number of nitrogens with zero attached hydrogens (tertiary/aromatic N) is 4. The van der Waals surface area contributed by atoms with Gasteiger partial charge in [-0.3, -0.25) is 4.79 Å². The topological polar surface area (TPSA) is 72.2 Å². The molecule has 0 bridgehead atoms. The van der Waals surface area contributed by atoms with Gasteiger partial charge in [0.1, 0.15) is 18.0 Å². The summed E-state index contributed by atoms with van der Waals surface area (Å²) < 4.78 is 29.9. The van der Waals surface area contributed by atoms with Gasteiger partial charge in [-0.25, -0.2) is 18.3 Å². The van der Waals surface area contributed by atoms with Crippen LogP contribution in [0, 0.1) is 25.5 Å². The summed E-state index contributed by atoms with van der Waals surface area (Å²) >= 11 is 0. The van der Waals surface area contributed by atoms with Crippen LogP contribution in [0.3, 0.4) is 0 Å². The molecule has 1 N–H and O–H groups in total. The number of halogens is 2. The van der Waals surface area contributed by atoms with E-state index in [0.717, 1.165) is 23.0 Å². The molecule has 0 atom stereocenters. The Hall–Kier alpha value is -3.68. The van der Waals surface area contributed by atoms with E-state index in [2.05, 4.69) is 20.4 Å². The van der Waals surface area contributed by atoms with Crippen molar-refractivity contribution in [3.63, 3.8) is 0 Å². The van der Waals surface area contributed by atoms with E-state index in [0.29, 0.717) is 23.3 Å². The van der Waals surface area contributed by atoms with Crippen LogP contribution in [0.15, 0.2) is 48.8 Å². The van der Waals surface area contributed by atoms with Crippen molar-refractivity contribution in [2.24, 2.45) is 0 Å². The van der Waals surface area contributed by atoms with Crippen LogP contribution in [-0.2, 0) is 11.2 Å². The predicted molar refractivity (Wildman–Crippen MR) is 109 cm³/mol. The standard InChI is InChI=1S/C22H19F2N5O/c1-13-17(14(2)29-22(27-13)25-12-26-29)8-9-20(30)28-21-18(10-16(23)11-19(21)24)15-6-4-3-5-7-15/h3-7,10-12H,8-9H2,1-2H3,(H,28,30). The van der Waals surface area contributed by atoms with E-state index in [1.807, 2.05) is 19.9 Å². The Kier molecular flexibility index (Phi) is 5.22. The van der Waals surface area contributed by atoms with Crippen molar-refractivity contribution in [2.45, 2.75) is 26.7 Å². The molecule has 0 aliphatic heterocycles. The second-order valence-electron chi connectivity index (χ2n) is 6.96. The summed E-state index contributed by atoms with van der Waals surface area (Å²) in [6.07, 6.45) is 1.93. The lowest BCUT2D eigenvalue weighted by Gasteiger charge is -2.14. The molecule has 6 nitrogen and oxygen atoms in total. The van der Waals surface area contributed by atoms with E-state index in [1.54, 1.807) is 28.8 Å². The van der Waals surface area contributed by atoms with E-state index >= 15 is 0 Å². The van der Waals surface area contributed by atoms with Gasteiger partial charge >= 0.3 is 0 Å². The second kappa shape index (κ2) is 7.98. The van der Waals surface area contributed by atoms with Crippen molar-refractivity contribution in [2.75, 3.05) is 5.32 Å². The van der Waals surface area contributed by atoms with E-state index in [9.17, 15) is 13.6 Å². The Morgan fingerprint density at radius 2 is 1.90 bits per heavy atom. The number of hydrogen-bond donors (Lipinski definition) is 1. The molecule has 4 aromatic rings. The first kappa shape index (κ1) is 19.6. The lowest BCUT2D eigenvalue weighted by atomic mass is 10.0. The Morgan fingerprint density at radius 1 is 1.13 bits per heavy atom. The van der Waals surface area contributed by atoms with Crippen molar-refractivity contribution in [3.05, 3.63) is 77.4 Å². The number of aromatic nitrogens is 4. The fraction of sp³-hybridized carbons (Fsp3) is 0.182. The van der Waals surface area contributed by atoms with E-state index < -0.39 is 11.6 Å². The molecular formula is C22H19F2N5O. The van der Waals surface area contributed by atoms with Gasteiger partial charge in [-0.1, -0.05) is 30.3 Å². The van der Waals surface area contributed by atoms with Gasteiger partial charge in [-0.2, -0.15) is 10.1 Å². The summed E-state index contributed by atoms with van der Waals surface area (Å²) in [6.45, 7) is 3.73. The molecule has 0 aliphatic rings. The number of amides is 1. The molecule has 0 unspecified atom stereocenters. The molecule has 152 valence electrons. The van der Waals surface area contributed by atoms with Crippen molar-refractivity contribution in [1.82, 2.24) is 19.6 Å². The number of hydrogen-bond acceptors (Lipinski definition) is 4. The number of anilines is 1. The van der Waals surface area contributed by atoms with Crippen LogP contribution >= 0.6 is 0 Å². The monoisotopic (exact) mass is 407 g/mol. The largest absolute Gasteiger partial charge is 0.323 e. The average molecular weight is 407 g/mol. The number of carbonyl (C=O) groups excluding carboxylic acids is 1. The lowest BCUT2D eigenvalue weighted by Crippen LogP contribution is -2.16. The zero-order valence-electron chi connectivity index (χ0n) is 16.5. The summed E-state index contributed by atoms with van der Waals surface area (Å²) in [5.74, 6) is -1.41. The Bertz CT molecular complexity index is 1240. The molecule has 0 fully saturated rings. The highest BCUT2D eigenvalue weighted by molar-refractivity contribution is 5.95. The number of rotatable bonds is 5. The van der Waals surface area contributed by atoms with Gasteiger partial charge in [0, 0.05) is 29.4 Å². The van der Waals surface area contributed by atoms with Crippen LogP contribution in [0.5, 0.6) is 0 Å². The molecule has 1 amide bonds. The molecule has 0 saturated heterocycles. The van der Waals surface area contributed by atoms with Gasteiger partial charge in [-0.15, -0.1) is 0 Å². The molecule has 30 heavy (non-hydrogen) atoms. The van der Waals surface area contributed by atoms with Crippen molar-refractivity contribution < 1.29 is 13.6 Å². The summed E-state index contributed by atoms with van der Waals surface area (Å²) in [6, 6.07) is 10.8. The summed E-state index contributed by atoms with van der Waals surface area (Å²) in [5.41, 5.74) is 3.36. The molecule has 2 aromatic heterocycles. The van der Waals surface area contributed by atoms with Crippen LogP contribution in [-0.4, -0.2) is 25.5 Å². The molecule has 2 heterocycles. The Balaban J connectivity index is 1.57. The molecular weight excluding hydrogens is 388 g/mol. The molecule has 2 aromatic carbocycles. The molecule has 0 aliphatic carbocycles. The average Bonchev–Trinajstić information content (AvgIpc) is 3.19. The number of fused-ring (bicyclic) bond motifs is 1. The van der Waals surface area contributed by atoms with Gasteiger partial charge in [-0.05, 0) is 37.5 Å². The highest BCUT2D eigenvalue weighted by Crippen LogP contribution is 2.31. The van der Waals surface area contributed by atoms with E-state index in [1.165, 1.54) is 12.4 Å². The SMILES string of the molecule is Cc1nc2ncnn2c(C)c1CCC(=O)Nc1c(F)cc(F)cc1-c1ccccc1. The first-order valence-corrected chi connectivity index (χ1v) is 9.44. The molecule has 0 saturated carbocycles. The molecule has 0 spiro atoms. The van der Waals surface area contributed by atoms with Crippen molar-refractivity contribution in [1.29, 1.82) is 0 Å². The normalized spacial score (nSPS) is 11.1. The van der Waals surface area contributed by atoms with E-state index in [-0.39, 0.29) is 18.0 Å². The second-order valence-corrected chi connectivity index (χ2v) is 6.96. The minimum atomic E-state index is -0.819. The third kappa shape index (κ3) is 3.76. The van der Waals surface area contributed by atoms with Crippen LogP contribution in [0.25, 0.3) is 16.9 Å². The Labute approximate surface area is 171 Å². The van der Waals surface area contributed by atoms with Gasteiger partial charge in [0.15, 0.2) is 0 Å². The minimum absolute atomic E-state index is 0.0362. The van der Waals surface area contributed by atoms with Crippen LogP contribution in [0.2, 0.25) is 0 Å². The van der Waals surface area contributed by atoms with Gasteiger partial charge in [0.25, 0.3) is 5.78 Å². The first-order chi connectivity index (χ1) is 14.4. The summed E-state index contributed by atoms with van der Waals surface area (Å²) in [7, 11) is 0. The maximum absolute atomic E-state index is 14.5. The van der Waals surface area contributed by atoms with Gasteiger partial charge < -0.3 is 5.32 Å². The van der Waals surface area contributed by atoms with E-state index in [4.69, 9.17) is 0 Å². The maximum atomic E-state index is 14.5. The van der Waals surface area contributed by atoms with Gasteiger partial charge in [0.05, 0.1) is 5.69 Å². The van der Waals surface area contributed by atoms with Crippen molar-refractivity contribution in [3.8, 4) is 11.1 Å². The quantitative estimate of drug-likeness (QED) is 0.537. The fourth-order valence-electron chi connectivity index (χ4n) is 3.50. The highest BCUT2D eigenvalue weighted by Gasteiger charge is 2.17. The summed E-state index contributed by atoms with van der Waals surface area (Å²) in [4.78, 5) is 21.1. The zero-order chi connectivity index (χ0) is 21.3. The number of benzene rings is 2. The third-order valence-corrected chi connectivity index (χ3v) is 4.99. The zero-order valence-corrected chi connectivity index (χ0v) is 16.5. The highest BCUT2D eigenvalue weighted by atomic mass is 19.1. The number of carbonyl (C=O) groups is 1. The fourth-order valence-corrected chi connectivity index (χ4v) is 3.50. The van der Waals surface area contributed by atoms with Crippen LogP contribution in [0.4, 0.5) is 14.5 Å². The number of nitrogens with one attached hydrogen (secondary N) is 1. The number of aryl methyl sites for hydroxylation is 2. The smallest absolute Gasteiger partial charge is 0.252 e. The molecule has 0 radical (unpaired) electrons. The predicted octanol–water partition coefficient (Wildman–Crippen LogP) is 4.26. The molecule has 4 rings (SSSR count). The maximum Gasteiger partial charge on any atom is 0.252 e. The Morgan fingerprint density at radius 3 is 2.67 bits per heavy atom. The first-order valence-electron chi connectivity index (χ1n) is 9.44. The van der Waals surface area contributed by atoms with Crippen LogP contribution < -0.4 is 5.32 Å². The summed E-state index contributed by atoms with van der Waals surface area (Å²) in [5, 5.41) is 6.75. The van der Waals surface area contributed by atoms with Crippen LogP contribution in [0.1, 0.15) is 23.4 Å². The van der Waals surface area contributed by atoms with Gasteiger partial charge in [0.2, 0.25) is 5.91 Å². The minimum Gasteiger partial charge on any atom is -0.323 e. The molecule has 8 heteroatoms. The third-order valence-electron chi connectivity index (χ3n) is 4.99.